The lowest BCUT2D eigenvalue weighted by Crippen LogP contribution is -2.13. The second-order valence-corrected chi connectivity index (χ2v) is 5.24. The van der Waals surface area contributed by atoms with E-state index in [1.54, 1.807) is 6.20 Å². The normalized spacial score (nSPS) is 12.4. The van der Waals surface area contributed by atoms with Crippen LogP contribution >= 0.6 is 15.9 Å². The molecule has 1 heterocycles. The van der Waals surface area contributed by atoms with E-state index in [2.05, 4.69) is 39.3 Å². The minimum absolute atomic E-state index is 0.226. The molecule has 0 saturated carbocycles. The number of aromatic nitrogens is 2. The van der Waals surface area contributed by atoms with E-state index >= 15 is 0 Å². The van der Waals surface area contributed by atoms with Crippen molar-refractivity contribution in [3.63, 3.8) is 0 Å². The third kappa shape index (κ3) is 3.36. The molecule has 1 atom stereocenters. The van der Waals surface area contributed by atoms with Crippen LogP contribution in [-0.4, -0.2) is 16.8 Å². The van der Waals surface area contributed by atoms with Gasteiger partial charge in [-0.2, -0.15) is 5.10 Å². The quantitative estimate of drug-likeness (QED) is 0.911. The zero-order chi connectivity index (χ0) is 13.8. The van der Waals surface area contributed by atoms with Crippen LogP contribution in [0.25, 0.3) is 0 Å². The van der Waals surface area contributed by atoms with Gasteiger partial charge in [0.05, 0.1) is 12.4 Å². The zero-order valence-corrected chi connectivity index (χ0v) is 12.9. The van der Waals surface area contributed by atoms with Crippen LogP contribution < -0.4 is 10.1 Å². The van der Waals surface area contributed by atoms with Crippen LogP contribution in [0.2, 0.25) is 0 Å². The van der Waals surface area contributed by atoms with Crippen molar-refractivity contribution in [1.29, 1.82) is 0 Å². The predicted molar refractivity (Wildman–Crippen MR) is 79.6 cm³/mol. The number of ether oxygens (including phenoxy) is 1. The van der Waals surface area contributed by atoms with Gasteiger partial charge < -0.3 is 10.1 Å². The smallest absolute Gasteiger partial charge is 0.165 e. The molecule has 0 spiro atoms. The van der Waals surface area contributed by atoms with E-state index < -0.39 is 0 Å². The van der Waals surface area contributed by atoms with Gasteiger partial charge >= 0.3 is 0 Å². The van der Waals surface area contributed by atoms with E-state index in [0.29, 0.717) is 0 Å². The third-order valence-corrected chi connectivity index (χ3v) is 3.53. The maximum absolute atomic E-state index is 5.94. The lowest BCUT2D eigenvalue weighted by Gasteiger charge is -2.16. The van der Waals surface area contributed by atoms with Gasteiger partial charge in [-0.05, 0) is 33.0 Å². The van der Waals surface area contributed by atoms with Gasteiger partial charge in [0.25, 0.3) is 0 Å². The van der Waals surface area contributed by atoms with Crippen molar-refractivity contribution in [3.8, 4) is 11.5 Å². The first kappa shape index (κ1) is 14.1. The minimum atomic E-state index is 0.226. The first-order chi connectivity index (χ1) is 9.13. The molecule has 4 nitrogen and oxygen atoms in total. The molecule has 0 radical (unpaired) electrons. The Labute approximate surface area is 121 Å². The van der Waals surface area contributed by atoms with Crippen molar-refractivity contribution in [2.24, 2.45) is 0 Å². The molecule has 19 heavy (non-hydrogen) atoms. The molecule has 1 aromatic carbocycles. The van der Waals surface area contributed by atoms with Gasteiger partial charge in [-0.3, -0.25) is 4.68 Å². The van der Waals surface area contributed by atoms with Gasteiger partial charge in [-0.25, -0.2) is 0 Å². The highest BCUT2D eigenvalue weighted by Gasteiger charge is 2.12. The van der Waals surface area contributed by atoms with Crippen LogP contribution in [0, 0.1) is 0 Å². The number of halogens is 1. The SMILES string of the molecule is CCn1cc(Oc2cc(Br)ccc2C(C)NC)cn1. The van der Waals surface area contributed by atoms with Gasteiger partial charge in [0, 0.05) is 22.6 Å². The minimum Gasteiger partial charge on any atom is -0.454 e. The van der Waals surface area contributed by atoms with Crippen LogP contribution in [0.5, 0.6) is 11.5 Å². The van der Waals surface area contributed by atoms with Gasteiger partial charge in [0.2, 0.25) is 0 Å². The number of nitrogens with zero attached hydrogens (tertiary/aromatic N) is 2. The average molecular weight is 324 g/mol. The van der Waals surface area contributed by atoms with Crippen molar-refractivity contribution < 1.29 is 4.74 Å². The maximum Gasteiger partial charge on any atom is 0.165 e. The Bertz CT molecular complexity index is 553. The number of hydrogen-bond acceptors (Lipinski definition) is 3. The highest BCUT2D eigenvalue weighted by Crippen LogP contribution is 2.32. The number of nitrogens with one attached hydrogen (secondary N) is 1. The predicted octanol–water partition coefficient (Wildman–Crippen LogP) is 3.74. The number of hydrogen-bond donors (Lipinski definition) is 1. The largest absolute Gasteiger partial charge is 0.454 e. The topological polar surface area (TPSA) is 39.1 Å². The Hall–Kier alpha value is -1.33. The van der Waals surface area contributed by atoms with E-state index in [0.717, 1.165) is 28.1 Å². The van der Waals surface area contributed by atoms with Crippen molar-refractivity contribution in [3.05, 3.63) is 40.6 Å². The Kier molecular flexibility index (Phi) is 4.61. The lowest BCUT2D eigenvalue weighted by atomic mass is 10.1. The summed E-state index contributed by atoms with van der Waals surface area (Å²) in [5.41, 5.74) is 1.12. The molecule has 0 aliphatic rings. The monoisotopic (exact) mass is 323 g/mol. The molecular weight excluding hydrogens is 306 g/mol. The van der Waals surface area contributed by atoms with E-state index in [1.165, 1.54) is 0 Å². The van der Waals surface area contributed by atoms with E-state index in [9.17, 15) is 0 Å². The zero-order valence-electron chi connectivity index (χ0n) is 11.4. The Morgan fingerprint density at radius 1 is 1.47 bits per heavy atom. The molecule has 1 unspecified atom stereocenters. The molecule has 1 aromatic heterocycles. The van der Waals surface area contributed by atoms with Crippen LogP contribution in [0.4, 0.5) is 0 Å². The Morgan fingerprint density at radius 2 is 2.26 bits per heavy atom. The lowest BCUT2D eigenvalue weighted by molar-refractivity contribution is 0.465. The molecule has 0 bridgehead atoms. The van der Waals surface area contributed by atoms with Crippen LogP contribution in [0.3, 0.4) is 0 Å². The summed E-state index contributed by atoms with van der Waals surface area (Å²) in [5, 5.41) is 7.44. The second kappa shape index (κ2) is 6.21. The van der Waals surface area contributed by atoms with Gasteiger partial charge in [-0.1, -0.05) is 22.0 Å². The van der Waals surface area contributed by atoms with Gasteiger partial charge in [0.1, 0.15) is 5.75 Å². The fourth-order valence-electron chi connectivity index (χ4n) is 1.81. The molecule has 0 amide bonds. The fourth-order valence-corrected chi connectivity index (χ4v) is 2.15. The Balaban J connectivity index is 2.29. The van der Waals surface area contributed by atoms with Crippen molar-refractivity contribution >= 4 is 15.9 Å². The first-order valence-corrected chi connectivity index (χ1v) is 7.10. The van der Waals surface area contributed by atoms with Crippen LogP contribution in [-0.2, 0) is 6.54 Å². The highest BCUT2D eigenvalue weighted by molar-refractivity contribution is 9.10. The maximum atomic E-state index is 5.94. The van der Waals surface area contributed by atoms with Gasteiger partial charge in [0.15, 0.2) is 5.75 Å². The third-order valence-electron chi connectivity index (χ3n) is 3.04. The summed E-state index contributed by atoms with van der Waals surface area (Å²) in [4.78, 5) is 0. The summed E-state index contributed by atoms with van der Waals surface area (Å²) in [5.74, 6) is 1.59. The second-order valence-electron chi connectivity index (χ2n) is 4.33. The summed E-state index contributed by atoms with van der Waals surface area (Å²) in [6.45, 7) is 4.98. The van der Waals surface area contributed by atoms with Crippen molar-refractivity contribution in [2.75, 3.05) is 7.05 Å². The summed E-state index contributed by atoms with van der Waals surface area (Å²) < 4.78 is 8.78. The van der Waals surface area contributed by atoms with Crippen LogP contribution in [0.15, 0.2) is 35.1 Å². The molecule has 1 N–H and O–H groups in total. The molecule has 0 aliphatic heterocycles. The summed E-state index contributed by atoms with van der Waals surface area (Å²) in [7, 11) is 1.94. The number of benzene rings is 1. The fraction of sp³-hybridized carbons (Fsp3) is 0.357. The standard InChI is InChI=1S/C14H18BrN3O/c1-4-18-9-12(8-17-18)19-14-7-11(15)5-6-13(14)10(2)16-3/h5-10,16H,4H2,1-3H3. The summed E-state index contributed by atoms with van der Waals surface area (Å²) in [6.07, 6.45) is 3.63. The molecule has 0 aliphatic carbocycles. The van der Waals surface area contributed by atoms with Gasteiger partial charge in [-0.15, -0.1) is 0 Å². The average Bonchev–Trinajstić information content (AvgIpc) is 2.86. The van der Waals surface area contributed by atoms with Crippen LogP contribution in [0.1, 0.15) is 25.5 Å². The van der Waals surface area contributed by atoms with E-state index in [4.69, 9.17) is 4.74 Å². The molecule has 0 saturated heterocycles. The van der Waals surface area contributed by atoms with E-state index in [1.807, 2.05) is 37.0 Å². The summed E-state index contributed by atoms with van der Waals surface area (Å²) in [6, 6.07) is 6.28. The van der Waals surface area contributed by atoms with Crippen molar-refractivity contribution in [1.82, 2.24) is 15.1 Å². The molecule has 0 fully saturated rings. The number of aryl methyl sites for hydroxylation is 1. The first-order valence-electron chi connectivity index (χ1n) is 6.31. The summed E-state index contributed by atoms with van der Waals surface area (Å²) >= 11 is 3.48. The molecule has 102 valence electrons. The molecule has 2 aromatic rings. The molecule has 2 rings (SSSR count). The number of rotatable bonds is 5. The molecular formula is C14H18BrN3O. The van der Waals surface area contributed by atoms with Crippen molar-refractivity contribution in [2.45, 2.75) is 26.4 Å². The van der Waals surface area contributed by atoms with E-state index in [-0.39, 0.29) is 6.04 Å². The molecule has 5 heteroatoms. The Morgan fingerprint density at radius 3 is 2.89 bits per heavy atom. The highest BCUT2D eigenvalue weighted by atomic mass is 79.9.